The predicted octanol–water partition coefficient (Wildman–Crippen LogP) is 3.88. The van der Waals surface area contributed by atoms with Gasteiger partial charge in [-0.25, -0.2) is 0 Å². The van der Waals surface area contributed by atoms with Crippen molar-refractivity contribution in [3.8, 4) is 11.5 Å². The number of hydrogen-bond acceptors (Lipinski definition) is 5. The van der Waals surface area contributed by atoms with Gasteiger partial charge < -0.3 is 19.7 Å². The van der Waals surface area contributed by atoms with Crippen molar-refractivity contribution in [3.05, 3.63) is 53.9 Å². The fourth-order valence-corrected chi connectivity index (χ4v) is 3.73. The molecule has 0 bridgehead atoms. The van der Waals surface area contributed by atoms with Crippen molar-refractivity contribution >= 4 is 0 Å². The highest BCUT2D eigenvalue weighted by atomic mass is 16.5. The number of nitrogens with one attached hydrogen (secondary N) is 1. The standard InChI is InChI=1S/C23H33N3O2/c1-18(2)26-12-4-5-21(16-26)15-25-14-20-6-7-22(23(13-20)27-3)28-17-19-8-10-24-11-9-19/h6-11,13,18,21,25H,4-5,12,14-17H2,1-3H3. The Bertz CT molecular complexity index is 721. The van der Waals surface area contributed by atoms with E-state index in [1.807, 2.05) is 18.2 Å². The van der Waals surface area contributed by atoms with Crippen molar-refractivity contribution in [2.75, 3.05) is 26.7 Å². The second-order valence-corrected chi connectivity index (χ2v) is 7.86. The van der Waals surface area contributed by atoms with Crippen LogP contribution in [0.2, 0.25) is 0 Å². The maximum atomic E-state index is 5.92. The summed E-state index contributed by atoms with van der Waals surface area (Å²) in [5, 5.41) is 3.63. The van der Waals surface area contributed by atoms with Gasteiger partial charge in [-0.3, -0.25) is 4.98 Å². The zero-order valence-electron chi connectivity index (χ0n) is 17.4. The van der Waals surface area contributed by atoms with Crippen molar-refractivity contribution in [1.29, 1.82) is 0 Å². The smallest absolute Gasteiger partial charge is 0.161 e. The highest BCUT2D eigenvalue weighted by molar-refractivity contribution is 5.43. The van der Waals surface area contributed by atoms with Gasteiger partial charge in [0.15, 0.2) is 11.5 Å². The molecule has 1 aromatic carbocycles. The van der Waals surface area contributed by atoms with Gasteiger partial charge in [-0.1, -0.05) is 6.07 Å². The SMILES string of the molecule is COc1cc(CNCC2CCCN(C(C)C)C2)ccc1OCc1ccncc1. The summed E-state index contributed by atoms with van der Waals surface area (Å²) in [6.45, 7) is 9.44. The fraction of sp³-hybridized carbons (Fsp3) is 0.522. The number of nitrogens with zero attached hydrogens (tertiary/aromatic N) is 2. The van der Waals surface area contributed by atoms with Crippen LogP contribution in [0.4, 0.5) is 0 Å². The van der Waals surface area contributed by atoms with Crippen LogP contribution < -0.4 is 14.8 Å². The van der Waals surface area contributed by atoms with Gasteiger partial charge in [-0.15, -0.1) is 0 Å². The molecule has 28 heavy (non-hydrogen) atoms. The van der Waals surface area contributed by atoms with Gasteiger partial charge in [0.05, 0.1) is 7.11 Å². The summed E-state index contributed by atoms with van der Waals surface area (Å²) in [4.78, 5) is 6.62. The van der Waals surface area contributed by atoms with Gasteiger partial charge in [-0.2, -0.15) is 0 Å². The summed E-state index contributed by atoms with van der Waals surface area (Å²) in [6, 6.07) is 10.7. The molecule has 0 radical (unpaired) electrons. The molecule has 5 heteroatoms. The quantitative estimate of drug-likeness (QED) is 0.712. The lowest BCUT2D eigenvalue weighted by Crippen LogP contribution is -2.42. The number of aromatic nitrogens is 1. The molecule has 1 fully saturated rings. The summed E-state index contributed by atoms with van der Waals surface area (Å²) >= 11 is 0. The number of methoxy groups -OCH3 is 1. The van der Waals surface area contributed by atoms with Crippen LogP contribution in [0, 0.1) is 5.92 Å². The Hall–Kier alpha value is -2.11. The van der Waals surface area contributed by atoms with E-state index in [-0.39, 0.29) is 0 Å². The molecule has 1 unspecified atom stereocenters. The molecular weight excluding hydrogens is 350 g/mol. The average Bonchev–Trinajstić information content (AvgIpc) is 2.73. The van der Waals surface area contributed by atoms with Crippen LogP contribution in [0.15, 0.2) is 42.7 Å². The Balaban J connectivity index is 1.49. The first kappa shape index (κ1) is 20.6. The van der Waals surface area contributed by atoms with Crippen LogP contribution in [0.1, 0.15) is 37.8 Å². The molecule has 0 spiro atoms. The zero-order valence-corrected chi connectivity index (χ0v) is 17.4. The lowest BCUT2D eigenvalue weighted by molar-refractivity contribution is 0.138. The molecule has 0 saturated carbocycles. The summed E-state index contributed by atoms with van der Waals surface area (Å²) in [5.74, 6) is 2.28. The molecule has 1 atom stereocenters. The number of likely N-dealkylation sites (tertiary alicyclic amines) is 1. The second kappa shape index (κ2) is 10.4. The monoisotopic (exact) mass is 383 g/mol. The fourth-order valence-electron chi connectivity index (χ4n) is 3.73. The van der Waals surface area contributed by atoms with Crippen LogP contribution in [0.5, 0.6) is 11.5 Å². The zero-order chi connectivity index (χ0) is 19.8. The van der Waals surface area contributed by atoms with Crippen LogP contribution in [-0.2, 0) is 13.2 Å². The molecule has 1 saturated heterocycles. The Morgan fingerprint density at radius 2 is 1.96 bits per heavy atom. The van der Waals surface area contributed by atoms with E-state index in [1.54, 1.807) is 19.5 Å². The molecule has 1 aromatic heterocycles. The summed E-state index contributed by atoms with van der Waals surface area (Å²) < 4.78 is 11.5. The minimum atomic E-state index is 0.504. The Morgan fingerprint density at radius 1 is 1.14 bits per heavy atom. The molecule has 0 amide bonds. The third kappa shape index (κ3) is 5.94. The van der Waals surface area contributed by atoms with E-state index in [0.29, 0.717) is 12.6 Å². The highest BCUT2D eigenvalue weighted by Gasteiger charge is 2.21. The van der Waals surface area contributed by atoms with Gasteiger partial charge >= 0.3 is 0 Å². The van der Waals surface area contributed by atoms with E-state index in [4.69, 9.17) is 9.47 Å². The first-order chi connectivity index (χ1) is 13.7. The largest absolute Gasteiger partial charge is 0.493 e. The van der Waals surface area contributed by atoms with E-state index in [9.17, 15) is 0 Å². The van der Waals surface area contributed by atoms with Gasteiger partial charge in [0.1, 0.15) is 6.61 Å². The molecule has 2 aromatic rings. The van der Waals surface area contributed by atoms with Gasteiger partial charge in [-0.05, 0) is 81.1 Å². The Morgan fingerprint density at radius 3 is 2.71 bits per heavy atom. The van der Waals surface area contributed by atoms with Crippen LogP contribution >= 0.6 is 0 Å². The molecule has 0 aliphatic carbocycles. The first-order valence-corrected chi connectivity index (χ1v) is 10.3. The van der Waals surface area contributed by atoms with E-state index in [1.165, 1.54) is 31.5 Å². The van der Waals surface area contributed by atoms with Crippen molar-refractivity contribution in [2.45, 2.75) is 45.9 Å². The molecule has 3 rings (SSSR count). The van der Waals surface area contributed by atoms with E-state index < -0.39 is 0 Å². The molecule has 1 N–H and O–H groups in total. The maximum Gasteiger partial charge on any atom is 0.161 e. The lowest BCUT2D eigenvalue weighted by atomic mass is 9.97. The van der Waals surface area contributed by atoms with Gasteiger partial charge in [0, 0.05) is 31.5 Å². The molecule has 152 valence electrons. The van der Waals surface area contributed by atoms with Gasteiger partial charge in [0.2, 0.25) is 0 Å². The normalized spacial score (nSPS) is 17.6. The Kier molecular flexibility index (Phi) is 7.69. The van der Waals surface area contributed by atoms with Crippen molar-refractivity contribution in [3.63, 3.8) is 0 Å². The second-order valence-electron chi connectivity index (χ2n) is 7.86. The van der Waals surface area contributed by atoms with E-state index >= 15 is 0 Å². The predicted molar refractivity (Wildman–Crippen MR) is 113 cm³/mol. The minimum absolute atomic E-state index is 0.504. The molecular formula is C23H33N3O2. The number of benzene rings is 1. The molecule has 1 aliphatic rings. The highest BCUT2D eigenvalue weighted by Crippen LogP contribution is 2.29. The van der Waals surface area contributed by atoms with Crippen LogP contribution in [0.25, 0.3) is 0 Å². The molecule has 2 heterocycles. The number of rotatable bonds is 9. The number of pyridine rings is 1. The third-order valence-corrected chi connectivity index (χ3v) is 5.41. The van der Waals surface area contributed by atoms with Crippen molar-refractivity contribution < 1.29 is 9.47 Å². The molecule has 1 aliphatic heterocycles. The van der Waals surface area contributed by atoms with Crippen molar-refractivity contribution in [1.82, 2.24) is 15.2 Å². The number of piperidine rings is 1. The van der Waals surface area contributed by atoms with Crippen LogP contribution in [0.3, 0.4) is 0 Å². The molecule has 5 nitrogen and oxygen atoms in total. The average molecular weight is 384 g/mol. The van der Waals surface area contributed by atoms with Gasteiger partial charge in [0.25, 0.3) is 0 Å². The van der Waals surface area contributed by atoms with E-state index in [2.05, 4.69) is 41.2 Å². The minimum Gasteiger partial charge on any atom is -0.493 e. The first-order valence-electron chi connectivity index (χ1n) is 10.3. The summed E-state index contributed by atoms with van der Waals surface area (Å²) in [6.07, 6.45) is 6.18. The number of ether oxygens (including phenoxy) is 2. The van der Waals surface area contributed by atoms with Crippen molar-refractivity contribution in [2.24, 2.45) is 5.92 Å². The summed E-state index contributed by atoms with van der Waals surface area (Å²) in [5.41, 5.74) is 2.30. The summed E-state index contributed by atoms with van der Waals surface area (Å²) in [7, 11) is 1.69. The van der Waals surface area contributed by atoms with E-state index in [0.717, 1.165) is 36.1 Å². The Labute approximate surface area is 169 Å². The maximum absolute atomic E-state index is 5.92. The third-order valence-electron chi connectivity index (χ3n) is 5.41. The lowest BCUT2D eigenvalue weighted by Gasteiger charge is -2.35. The van der Waals surface area contributed by atoms with Crippen LogP contribution in [-0.4, -0.2) is 42.7 Å². The topological polar surface area (TPSA) is 46.6 Å². The number of hydrogen-bond donors (Lipinski definition) is 1.